The van der Waals surface area contributed by atoms with Crippen molar-refractivity contribution >= 4 is 6.09 Å². The van der Waals surface area contributed by atoms with E-state index in [1.54, 1.807) is 0 Å². The number of likely N-dealkylation sites (tertiary alicyclic amines) is 1. The number of hydrogen-bond acceptors (Lipinski definition) is 2. The van der Waals surface area contributed by atoms with Crippen molar-refractivity contribution in [3.05, 3.63) is 0 Å². The van der Waals surface area contributed by atoms with Gasteiger partial charge in [-0.3, -0.25) is 4.90 Å². The Morgan fingerprint density at radius 2 is 2.20 bits per heavy atom. The molecule has 2 aliphatic rings. The summed E-state index contributed by atoms with van der Waals surface area (Å²) in [7, 11) is 0. The fourth-order valence-corrected chi connectivity index (χ4v) is 1.55. The highest BCUT2D eigenvalue weighted by molar-refractivity contribution is 5.72. The lowest BCUT2D eigenvalue weighted by Crippen LogP contribution is -2.13. The van der Waals surface area contributed by atoms with Crippen LogP contribution in [0.3, 0.4) is 0 Å². The second-order valence-corrected chi connectivity index (χ2v) is 2.82. The highest BCUT2D eigenvalue weighted by Crippen LogP contribution is 2.45. The van der Waals surface area contributed by atoms with Gasteiger partial charge in [0.25, 0.3) is 0 Å². The van der Waals surface area contributed by atoms with Gasteiger partial charge in [0, 0.05) is 0 Å². The number of nitrogens with zero attached hydrogens (tertiary/aromatic N) is 1. The lowest BCUT2D eigenvalue weighted by Gasteiger charge is -2.00. The molecule has 1 saturated heterocycles. The number of rotatable bonds is 1. The van der Waals surface area contributed by atoms with Gasteiger partial charge in [-0.05, 0) is 19.8 Å². The molecule has 1 aliphatic heterocycles. The minimum Gasteiger partial charge on any atom is -0.450 e. The number of amides is 1. The summed E-state index contributed by atoms with van der Waals surface area (Å²) in [6.07, 6.45) is 2.25. The van der Waals surface area contributed by atoms with E-state index in [9.17, 15) is 4.79 Å². The third-order valence-corrected chi connectivity index (χ3v) is 2.31. The van der Waals surface area contributed by atoms with Crippen LogP contribution in [0.15, 0.2) is 0 Å². The van der Waals surface area contributed by atoms with Crippen molar-refractivity contribution in [2.24, 2.45) is 0 Å². The second kappa shape index (κ2) is 1.87. The average Bonchev–Trinajstić information content (AvgIpc) is 2.34. The molecule has 2 unspecified atom stereocenters. The summed E-state index contributed by atoms with van der Waals surface area (Å²) in [5, 5.41) is 0. The zero-order valence-electron chi connectivity index (χ0n) is 6.04. The van der Waals surface area contributed by atoms with Crippen LogP contribution in [0.5, 0.6) is 0 Å². The standard InChI is InChI=1S/C7H11NO2/c1-2-10-7(9)8-5-3-4-6(5)8/h5-6H,2-4H2,1H3. The van der Waals surface area contributed by atoms with Crippen molar-refractivity contribution in [2.75, 3.05) is 6.61 Å². The van der Waals surface area contributed by atoms with Crippen LogP contribution in [0.2, 0.25) is 0 Å². The minimum absolute atomic E-state index is 0.116. The molecule has 1 aliphatic carbocycles. The van der Waals surface area contributed by atoms with Gasteiger partial charge in [0.15, 0.2) is 0 Å². The molecule has 3 nitrogen and oxygen atoms in total. The molecule has 0 N–H and O–H groups in total. The fraction of sp³-hybridized carbons (Fsp3) is 0.857. The molecule has 0 radical (unpaired) electrons. The SMILES string of the molecule is CCOC(=O)N1C2CCC21. The van der Waals surface area contributed by atoms with Crippen LogP contribution in [0.4, 0.5) is 4.79 Å². The average molecular weight is 141 g/mol. The molecule has 0 aromatic rings. The maximum atomic E-state index is 11.0. The first kappa shape index (κ1) is 6.01. The van der Waals surface area contributed by atoms with Crippen molar-refractivity contribution in [2.45, 2.75) is 31.8 Å². The van der Waals surface area contributed by atoms with Gasteiger partial charge in [-0.2, -0.15) is 0 Å². The summed E-state index contributed by atoms with van der Waals surface area (Å²) in [4.78, 5) is 12.8. The summed E-state index contributed by atoms with van der Waals surface area (Å²) in [5.74, 6) is 0. The summed E-state index contributed by atoms with van der Waals surface area (Å²) in [5.41, 5.74) is 0. The number of carbonyl (C=O) groups is 1. The van der Waals surface area contributed by atoms with Gasteiger partial charge in [0.05, 0.1) is 18.7 Å². The predicted molar refractivity (Wildman–Crippen MR) is 35.7 cm³/mol. The zero-order chi connectivity index (χ0) is 7.14. The number of carbonyl (C=O) groups excluding carboxylic acids is 1. The van der Waals surface area contributed by atoms with Crippen LogP contribution < -0.4 is 0 Å². The normalized spacial score (nSPS) is 34.3. The lowest BCUT2D eigenvalue weighted by atomic mass is 10.0. The van der Waals surface area contributed by atoms with Gasteiger partial charge in [-0.25, -0.2) is 4.79 Å². The number of fused-ring (bicyclic) bond motifs is 1. The molecule has 3 heteroatoms. The van der Waals surface area contributed by atoms with Crippen molar-refractivity contribution in [1.29, 1.82) is 0 Å². The molecule has 2 rings (SSSR count). The van der Waals surface area contributed by atoms with E-state index in [0.717, 1.165) is 0 Å². The second-order valence-electron chi connectivity index (χ2n) is 2.82. The Balaban J connectivity index is 1.84. The Kier molecular flexibility index (Phi) is 1.13. The quantitative estimate of drug-likeness (QED) is 0.509. The fourth-order valence-electron chi connectivity index (χ4n) is 1.55. The van der Waals surface area contributed by atoms with Crippen LogP contribution in [-0.2, 0) is 4.74 Å². The van der Waals surface area contributed by atoms with Gasteiger partial charge in [0.1, 0.15) is 0 Å². The van der Waals surface area contributed by atoms with Crippen molar-refractivity contribution in [3.8, 4) is 0 Å². The summed E-state index contributed by atoms with van der Waals surface area (Å²) < 4.78 is 4.83. The minimum atomic E-state index is -0.116. The third kappa shape index (κ3) is 0.632. The number of hydrogen-bond donors (Lipinski definition) is 0. The van der Waals surface area contributed by atoms with Crippen LogP contribution in [0.25, 0.3) is 0 Å². The molecule has 0 bridgehead atoms. The van der Waals surface area contributed by atoms with E-state index in [2.05, 4.69) is 0 Å². The largest absolute Gasteiger partial charge is 0.450 e. The third-order valence-electron chi connectivity index (χ3n) is 2.31. The molecule has 0 aromatic heterocycles. The summed E-state index contributed by atoms with van der Waals surface area (Å²) >= 11 is 0. The Morgan fingerprint density at radius 3 is 2.60 bits per heavy atom. The first-order valence-electron chi connectivity index (χ1n) is 3.79. The smallest absolute Gasteiger partial charge is 0.410 e. The highest BCUT2D eigenvalue weighted by Gasteiger charge is 2.58. The van der Waals surface area contributed by atoms with E-state index < -0.39 is 0 Å². The molecule has 0 spiro atoms. The molecule has 1 heterocycles. The van der Waals surface area contributed by atoms with Gasteiger partial charge < -0.3 is 4.74 Å². The van der Waals surface area contributed by atoms with Crippen LogP contribution in [-0.4, -0.2) is 29.7 Å². The van der Waals surface area contributed by atoms with Gasteiger partial charge in [-0.15, -0.1) is 0 Å². The molecule has 0 aromatic carbocycles. The van der Waals surface area contributed by atoms with E-state index in [4.69, 9.17) is 4.74 Å². The predicted octanol–water partition coefficient (Wildman–Crippen LogP) is 0.990. The van der Waals surface area contributed by atoms with Crippen LogP contribution in [0, 0.1) is 0 Å². The van der Waals surface area contributed by atoms with Crippen molar-refractivity contribution < 1.29 is 9.53 Å². The molecule has 2 fully saturated rings. The van der Waals surface area contributed by atoms with E-state index in [-0.39, 0.29) is 6.09 Å². The van der Waals surface area contributed by atoms with Crippen LogP contribution in [0.1, 0.15) is 19.8 Å². The topological polar surface area (TPSA) is 29.3 Å². The monoisotopic (exact) mass is 141 g/mol. The Labute approximate surface area is 60.0 Å². The molecule has 1 amide bonds. The molecular weight excluding hydrogens is 130 g/mol. The Bertz CT molecular complexity index is 159. The van der Waals surface area contributed by atoms with E-state index in [1.165, 1.54) is 12.8 Å². The Morgan fingerprint density at radius 1 is 1.60 bits per heavy atom. The molecule has 56 valence electrons. The summed E-state index contributed by atoms with van der Waals surface area (Å²) in [6, 6.07) is 1.11. The highest BCUT2D eigenvalue weighted by atomic mass is 16.6. The van der Waals surface area contributed by atoms with Gasteiger partial charge >= 0.3 is 6.09 Å². The van der Waals surface area contributed by atoms with E-state index >= 15 is 0 Å². The first-order chi connectivity index (χ1) is 4.84. The molecule has 2 atom stereocenters. The van der Waals surface area contributed by atoms with E-state index in [1.807, 2.05) is 11.8 Å². The van der Waals surface area contributed by atoms with Crippen LogP contribution >= 0.6 is 0 Å². The zero-order valence-corrected chi connectivity index (χ0v) is 6.04. The maximum Gasteiger partial charge on any atom is 0.410 e. The van der Waals surface area contributed by atoms with Crippen molar-refractivity contribution in [1.82, 2.24) is 4.90 Å². The van der Waals surface area contributed by atoms with E-state index in [0.29, 0.717) is 18.7 Å². The molecule has 10 heavy (non-hydrogen) atoms. The van der Waals surface area contributed by atoms with Gasteiger partial charge in [-0.1, -0.05) is 0 Å². The molecular formula is C7H11NO2. The first-order valence-corrected chi connectivity index (χ1v) is 3.79. The molecule has 1 saturated carbocycles. The lowest BCUT2D eigenvalue weighted by molar-refractivity contribution is 0.134. The number of ether oxygens (including phenoxy) is 1. The van der Waals surface area contributed by atoms with Gasteiger partial charge in [0.2, 0.25) is 0 Å². The van der Waals surface area contributed by atoms with Crippen molar-refractivity contribution in [3.63, 3.8) is 0 Å². The Hall–Kier alpha value is -0.730. The maximum absolute atomic E-state index is 11.0. The summed E-state index contributed by atoms with van der Waals surface area (Å²) in [6.45, 7) is 2.33.